The first-order valence-electron chi connectivity index (χ1n) is 10.0. The third-order valence-corrected chi connectivity index (χ3v) is 4.95. The van der Waals surface area contributed by atoms with E-state index >= 15 is 0 Å². The minimum Gasteiger partial charge on any atom is -0.357 e. The number of aliphatic imine (C=N–C) groups is 1. The quantitative estimate of drug-likeness (QED) is 0.346. The van der Waals surface area contributed by atoms with Gasteiger partial charge in [-0.3, -0.25) is 0 Å². The van der Waals surface area contributed by atoms with Crippen LogP contribution < -0.4 is 15.5 Å². The Bertz CT molecular complexity index is 711. The van der Waals surface area contributed by atoms with Gasteiger partial charge in [0.15, 0.2) is 5.96 Å². The van der Waals surface area contributed by atoms with Crippen molar-refractivity contribution in [3.63, 3.8) is 0 Å². The van der Waals surface area contributed by atoms with Crippen molar-refractivity contribution in [1.29, 1.82) is 0 Å². The summed E-state index contributed by atoms with van der Waals surface area (Å²) < 4.78 is 0. The van der Waals surface area contributed by atoms with Crippen LogP contribution in [0, 0.1) is 0 Å². The lowest BCUT2D eigenvalue weighted by atomic mass is 10.0. The van der Waals surface area contributed by atoms with Gasteiger partial charge in [-0.2, -0.15) is 0 Å². The lowest BCUT2D eigenvalue weighted by Crippen LogP contribution is -2.39. The number of rotatable bonds is 7. The molecule has 5 nitrogen and oxygen atoms in total. The zero-order valence-corrected chi connectivity index (χ0v) is 19.2. The van der Waals surface area contributed by atoms with E-state index in [9.17, 15) is 0 Å². The van der Waals surface area contributed by atoms with Crippen molar-refractivity contribution >= 4 is 35.8 Å². The SMILES string of the molecule is CCNC(=NCc1ccc(N2CCCC2)nc1)NCC(C)c1ccccc1.I. The van der Waals surface area contributed by atoms with Gasteiger partial charge in [-0.05, 0) is 42.9 Å². The molecule has 0 aliphatic carbocycles. The largest absolute Gasteiger partial charge is 0.357 e. The van der Waals surface area contributed by atoms with Crippen molar-refractivity contribution in [3.8, 4) is 0 Å². The summed E-state index contributed by atoms with van der Waals surface area (Å²) in [5.74, 6) is 2.36. The summed E-state index contributed by atoms with van der Waals surface area (Å²) >= 11 is 0. The minimum absolute atomic E-state index is 0. The number of halogens is 1. The van der Waals surface area contributed by atoms with Crippen LogP contribution in [0.2, 0.25) is 0 Å². The highest BCUT2D eigenvalue weighted by atomic mass is 127. The minimum atomic E-state index is 0. The third kappa shape index (κ3) is 6.65. The van der Waals surface area contributed by atoms with Crippen LogP contribution in [0.25, 0.3) is 0 Å². The zero-order valence-electron chi connectivity index (χ0n) is 16.9. The topological polar surface area (TPSA) is 52.6 Å². The van der Waals surface area contributed by atoms with Crippen LogP contribution in [0.1, 0.15) is 43.7 Å². The van der Waals surface area contributed by atoms with Gasteiger partial charge in [-0.1, -0.05) is 43.3 Å². The van der Waals surface area contributed by atoms with Crippen molar-refractivity contribution < 1.29 is 0 Å². The molecule has 1 unspecified atom stereocenters. The smallest absolute Gasteiger partial charge is 0.191 e. The number of nitrogens with zero attached hydrogens (tertiary/aromatic N) is 3. The van der Waals surface area contributed by atoms with Crippen LogP contribution >= 0.6 is 24.0 Å². The Morgan fingerprint density at radius 3 is 2.50 bits per heavy atom. The second-order valence-corrected chi connectivity index (χ2v) is 7.11. The van der Waals surface area contributed by atoms with Crippen LogP contribution in [-0.4, -0.2) is 37.1 Å². The Kier molecular flexibility index (Phi) is 9.54. The summed E-state index contributed by atoms with van der Waals surface area (Å²) in [5.41, 5.74) is 2.47. The van der Waals surface area contributed by atoms with E-state index in [2.05, 4.69) is 76.8 Å². The van der Waals surface area contributed by atoms with E-state index in [1.54, 1.807) is 0 Å². The molecule has 2 heterocycles. The van der Waals surface area contributed by atoms with Crippen molar-refractivity contribution in [2.75, 3.05) is 31.1 Å². The van der Waals surface area contributed by atoms with Gasteiger partial charge in [0.05, 0.1) is 6.54 Å². The van der Waals surface area contributed by atoms with Crippen molar-refractivity contribution in [2.24, 2.45) is 4.99 Å². The predicted octanol–water partition coefficient (Wildman–Crippen LogP) is 4.16. The number of aromatic nitrogens is 1. The molecular formula is C22H32IN5. The fraction of sp³-hybridized carbons (Fsp3) is 0.455. The molecule has 1 fully saturated rings. The fourth-order valence-electron chi connectivity index (χ4n) is 3.30. The summed E-state index contributed by atoms with van der Waals surface area (Å²) in [6.07, 6.45) is 4.49. The first-order valence-corrected chi connectivity index (χ1v) is 10.0. The molecule has 1 aromatic heterocycles. The molecule has 3 rings (SSSR count). The highest BCUT2D eigenvalue weighted by Crippen LogP contribution is 2.17. The van der Waals surface area contributed by atoms with Gasteiger partial charge in [0.2, 0.25) is 0 Å². The highest BCUT2D eigenvalue weighted by Gasteiger charge is 2.13. The molecule has 2 aromatic rings. The van der Waals surface area contributed by atoms with Gasteiger partial charge in [-0.15, -0.1) is 24.0 Å². The molecule has 1 saturated heterocycles. The van der Waals surface area contributed by atoms with Crippen LogP contribution in [-0.2, 0) is 6.54 Å². The molecule has 28 heavy (non-hydrogen) atoms. The van der Waals surface area contributed by atoms with Crippen LogP contribution in [0.4, 0.5) is 5.82 Å². The van der Waals surface area contributed by atoms with Gasteiger partial charge in [0, 0.05) is 32.4 Å². The first kappa shape index (κ1) is 22.5. The van der Waals surface area contributed by atoms with Gasteiger partial charge in [0.1, 0.15) is 5.82 Å². The van der Waals surface area contributed by atoms with E-state index < -0.39 is 0 Å². The van der Waals surface area contributed by atoms with E-state index in [1.807, 2.05) is 6.20 Å². The molecule has 0 radical (unpaired) electrons. The summed E-state index contributed by atoms with van der Waals surface area (Å²) in [4.78, 5) is 11.7. The maximum absolute atomic E-state index is 4.72. The van der Waals surface area contributed by atoms with Gasteiger partial charge < -0.3 is 15.5 Å². The van der Waals surface area contributed by atoms with Crippen molar-refractivity contribution in [2.45, 2.75) is 39.2 Å². The van der Waals surface area contributed by atoms with Crippen molar-refractivity contribution in [1.82, 2.24) is 15.6 Å². The van der Waals surface area contributed by atoms with Crippen molar-refractivity contribution in [3.05, 3.63) is 59.8 Å². The average Bonchev–Trinajstić information content (AvgIpc) is 3.26. The number of benzene rings is 1. The Morgan fingerprint density at radius 2 is 1.86 bits per heavy atom. The molecule has 0 spiro atoms. The van der Waals surface area contributed by atoms with Gasteiger partial charge in [-0.25, -0.2) is 9.98 Å². The monoisotopic (exact) mass is 493 g/mol. The number of nitrogens with one attached hydrogen (secondary N) is 2. The maximum atomic E-state index is 4.72. The standard InChI is InChI=1S/C22H31N5.HI/c1-3-23-22(25-15-18(2)20-9-5-4-6-10-20)26-17-19-11-12-21(24-16-19)27-13-7-8-14-27;/h4-6,9-12,16,18H,3,7-8,13-15,17H2,1-2H3,(H2,23,25,26);1H. The molecule has 1 aliphatic heterocycles. The molecule has 1 aromatic carbocycles. The average molecular weight is 493 g/mol. The number of pyridine rings is 1. The Hall–Kier alpha value is -1.83. The molecule has 0 bridgehead atoms. The number of hydrogen-bond donors (Lipinski definition) is 2. The lowest BCUT2D eigenvalue weighted by molar-refractivity contribution is 0.699. The second kappa shape index (κ2) is 11.9. The van der Waals surface area contributed by atoms with Gasteiger partial charge in [0.25, 0.3) is 0 Å². The van der Waals surface area contributed by atoms with E-state index in [4.69, 9.17) is 4.99 Å². The van der Waals surface area contributed by atoms with Crippen LogP contribution in [0.3, 0.4) is 0 Å². The van der Waals surface area contributed by atoms with E-state index in [0.29, 0.717) is 12.5 Å². The Labute approximate surface area is 186 Å². The second-order valence-electron chi connectivity index (χ2n) is 7.11. The third-order valence-electron chi connectivity index (χ3n) is 4.95. The predicted molar refractivity (Wildman–Crippen MR) is 129 cm³/mol. The van der Waals surface area contributed by atoms with Crippen LogP contribution in [0.15, 0.2) is 53.7 Å². The highest BCUT2D eigenvalue weighted by molar-refractivity contribution is 14.0. The molecule has 2 N–H and O–H groups in total. The number of anilines is 1. The van der Waals surface area contributed by atoms with E-state index in [-0.39, 0.29) is 24.0 Å². The number of guanidine groups is 1. The number of hydrogen-bond acceptors (Lipinski definition) is 3. The van der Waals surface area contributed by atoms with Crippen LogP contribution in [0.5, 0.6) is 0 Å². The molecular weight excluding hydrogens is 461 g/mol. The lowest BCUT2D eigenvalue weighted by Gasteiger charge is -2.17. The normalized spacial score (nSPS) is 15.1. The summed E-state index contributed by atoms with van der Waals surface area (Å²) in [6.45, 7) is 8.89. The molecule has 0 amide bonds. The van der Waals surface area contributed by atoms with E-state index in [0.717, 1.165) is 43.5 Å². The molecule has 0 saturated carbocycles. The van der Waals surface area contributed by atoms with Gasteiger partial charge >= 0.3 is 0 Å². The fourth-order valence-corrected chi connectivity index (χ4v) is 3.30. The zero-order chi connectivity index (χ0) is 18.9. The summed E-state index contributed by atoms with van der Waals surface area (Å²) in [7, 11) is 0. The molecule has 152 valence electrons. The molecule has 6 heteroatoms. The molecule has 1 aliphatic rings. The summed E-state index contributed by atoms with van der Waals surface area (Å²) in [5, 5.41) is 6.78. The first-order chi connectivity index (χ1) is 13.3. The Morgan fingerprint density at radius 1 is 1.11 bits per heavy atom. The maximum Gasteiger partial charge on any atom is 0.191 e. The Balaban J connectivity index is 0.00000280. The van der Waals surface area contributed by atoms with E-state index in [1.165, 1.54) is 18.4 Å². The summed E-state index contributed by atoms with van der Waals surface area (Å²) in [6, 6.07) is 14.8. The molecule has 1 atom stereocenters.